The van der Waals surface area contributed by atoms with Crippen LogP contribution in [0.15, 0.2) is 29.8 Å². The Morgan fingerprint density at radius 1 is 1.44 bits per heavy atom. The van der Waals surface area contributed by atoms with Gasteiger partial charge in [-0.05, 0) is 12.7 Å². The van der Waals surface area contributed by atoms with E-state index in [4.69, 9.17) is 5.73 Å². The number of aliphatic hydroxyl groups excluding tert-OH is 1. The molecule has 0 saturated carbocycles. The molecule has 132 valence electrons. The maximum Gasteiger partial charge on any atom is 0.271 e. The summed E-state index contributed by atoms with van der Waals surface area (Å²) in [5.74, 6) is 0.720. The van der Waals surface area contributed by atoms with Crippen LogP contribution in [-0.4, -0.2) is 62.4 Å². The molecule has 1 fully saturated rings. The van der Waals surface area contributed by atoms with E-state index >= 15 is 0 Å². The van der Waals surface area contributed by atoms with Gasteiger partial charge in [0.1, 0.15) is 17.3 Å². The molecule has 1 amide bonds. The Morgan fingerprint density at radius 2 is 2.28 bits per heavy atom. The Morgan fingerprint density at radius 3 is 2.96 bits per heavy atom. The largest absolute Gasteiger partial charge is 0.389 e. The highest BCUT2D eigenvalue weighted by Gasteiger charge is 2.30. The SMILES string of the molecule is CSc1nc(N)cc(N2CC[C@@H](NC(=O)c3cnccn3)[C@H](O)C2)n1. The third kappa shape index (κ3) is 4.15. The normalized spacial score (nSPS) is 20.3. The van der Waals surface area contributed by atoms with Gasteiger partial charge in [0.05, 0.1) is 18.3 Å². The van der Waals surface area contributed by atoms with Crippen LogP contribution in [0.5, 0.6) is 0 Å². The number of nitrogens with one attached hydrogen (secondary N) is 1. The van der Waals surface area contributed by atoms with Crippen LogP contribution in [-0.2, 0) is 0 Å². The molecule has 2 atom stereocenters. The van der Waals surface area contributed by atoms with Crippen molar-refractivity contribution in [2.24, 2.45) is 0 Å². The number of aliphatic hydroxyl groups is 1. The molecule has 1 saturated heterocycles. The van der Waals surface area contributed by atoms with Crippen molar-refractivity contribution in [2.75, 3.05) is 30.0 Å². The van der Waals surface area contributed by atoms with Gasteiger partial charge in [-0.3, -0.25) is 9.78 Å². The first kappa shape index (κ1) is 17.4. The van der Waals surface area contributed by atoms with Crippen LogP contribution in [0.2, 0.25) is 0 Å². The molecule has 10 heteroatoms. The number of carbonyl (C=O) groups excluding carboxylic acids is 1. The zero-order chi connectivity index (χ0) is 17.8. The number of hydrogen-bond acceptors (Lipinski definition) is 9. The lowest BCUT2D eigenvalue weighted by Gasteiger charge is -2.36. The number of nitrogens with zero attached hydrogens (tertiary/aromatic N) is 5. The fourth-order valence-corrected chi connectivity index (χ4v) is 3.03. The smallest absolute Gasteiger partial charge is 0.271 e. The highest BCUT2D eigenvalue weighted by atomic mass is 32.2. The van der Waals surface area contributed by atoms with Crippen LogP contribution in [0.3, 0.4) is 0 Å². The Bertz CT molecular complexity index is 746. The lowest BCUT2D eigenvalue weighted by atomic mass is 10.0. The van der Waals surface area contributed by atoms with Crippen LogP contribution in [0.1, 0.15) is 16.9 Å². The summed E-state index contributed by atoms with van der Waals surface area (Å²) < 4.78 is 0. The van der Waals surface area contributed by atoms with E-state index in [2.05, 4.69) is 25.3 Å². The van der Waals surface area contributed by atoms with E-state index in [-0.39, 0.29) is 17.6 Å². The van der Waals surface area contributed by atoms with E-state index in [1.54, 1.807) is 6.07 Å². The number of rotatable bonds is 4. The van der Waals surface area contributed by atoms with E-state index in [1.807, 2.05) is 11.2 Å². The Kier molecular flexibility index (Phi) is 5.29. The van der Waals surface area contributed by atoms with Gasteiger partial charge < -0.3 is 21.1 Å². The average molecular weight is 361 g/mol. The highest BCUT2D eigenvalue weighted by Crippen LogP contribution is 2.22. The number of carbonyl (C=O) groups is 1. The lowest BCUT2D eigenvalue weighted by molar-refractivity contribution is 0.0793. The number of nitrogen functional groups attached to an aromatic ring is 1. The molecule has 25 heavy (non-hydrogen) atoms. The Hall–Kier alpha value is -2.46. The Balaban J connectivity index is 1.65. The summed E-state index contributed by atoms with van der Waals surface area (Å²) in [6.45, 7) is 0.975. The zero-order valence-corrected chi connectivity index (χ0v) is 14.5. The van der Waals surface area contributed by atoms with Gasteiger partial charge in [-0.2, -0.15) is 0 Å². The molecule has 3 rings (SSSR count). The van der Waals surface area contributed by atoms with Crippen LogP contribution in [0, 0.1) is 0 Å². The summed E-state index contributed by atoms with van der Waals surface area (Å²) in [5.41, 5.74) is 6.04. The molecule has 0 radical (unpaired) electrons. The molecule has 0 unspecified atom stereocenters. The van der Waals surface area contributed by atoms with E-state index in [0.29, 0.717) is 36.3 Å². The number of β-amino-alcohol motifs (C(OH)–C–C–N with tert-alkyl or cyclic N) is 1. The third-order valence-corrected chi connectivity index (χ3v) is 4.46. The number of piperidine rings is 1. The molecule has 2 aromatic heterocycles. The van der Waals surface area contributed by atoms with Crippen molar-refractivity contribution in [3.05, 3.63) is 30.4 Å². The molecule has 1 aliphatic heterocycles. The number of amides is 1. The Labute approximate surface area is 149 Å². The number of hydrogen-bond donors (Lipinski definition) is 3. The molecule has 9 nitrogen and oxygen atoms in total. The lowest BCUT2D eigenvalue weighted by Crippen LogP contribution is -2.54. The number of thioether (sulfide) groups is 1. The van der Waals surface area contributed by atoms with E-state index < -0.39 is 6.10 Å². The molecular weight excluding hydrogens is 342 g/mol. The van der Waals surface area contributed by atoms with Gasteiger partial charge in [0.2, 0.25) is 0 Å². The fraction of sp³-hybridized carbons (Fsp3) is 0.400. The number of anilines is 2. The molecule has 0 aromatic carbocycles. The van der Waals surface area contributed by atoms with Crippen LogP contribution >= 0.6 is 11.8 Å². The highest BCUT2D eigenvalue weighted by molar-refractivity contribution is 7.98. The second-order valence-corrected chi connectivity index (χ2v) is 6.38. The van der Waals surface area contributed by atoms with E-state index in [9.17, 15) is 9.90 Å². The predicted octanol–water partition coefficient (Wildman–Crippen LogP) is -0.0597. The minimum atomic E-state index is -0.733. The summed E-state index contributed by atoms with van der Waals surface area (Å²) in [6.07, 6.45) is 6.07. The van der Waals surface area contributed by atoms with Gasteiger partial charge in [-0.1, -0.05) is 11.8 Å². The first-order valence-electron chi connectivity index (χ1n) is 7.75. The zero-order valence-electron chi connectivity index (χ0n) is 13.7. The molecular formula is C15H19N7O2S. The van der Waals surface area contributed by atoms with Crippen LogP contribution in [0.25, 0.3) is 0 Å². The van der Waals surface area contributed by atoms with Crippen LogP contribution in [0.4, 0.5) is 11.6 Å². The molecule has 3 heterocycles. The first-order chi connectivity index (χ1) is 12.1. The summed E-state index contributed by atoms with van der Waals surface area (Å²) in [7, 11) is 0. The maximum atomic E-state index is 12.2. The summed E-state index contributed by atoms with van der Waals surface area (Å²) in [6, 6.07) is 1.33. The summed E-state index contributed by atoms with van der Waals surface area (Å²) in [4.78, 5) is 30.5. The molecule has 1 aliphatic rings. The van der Waals surface area contributed by atoms with Crippen molar-refractivity contribution < 1.29 is 9.90 Å². The van der Waals surface area contributed by atoms with Crippen LogP contribution < -0.4 is 16.0 Å². The van der Waals surface area contributed by atoms with Crippen molar-refractivity contribution in [1.29, 1.82) is 0 Å². The molecule has 2 aromatic rings. The number of aromatic nitrogens is 4. The minimum absolute atomic E-state index is 0.227. The van der Waals surface area contributed by atoms with Crippen molar-refractivity contribution in [1.82, 2.24) is 25.3 Å². The van der Waals surface area contributed by atoms with Gasteiger partial charge in [-0.25, -0.2) is 15.0 Å². The van der Waals surface area contributed by atoms with Crippen molar-refractivity contribution >= 4 is 29.3 Å². The second-order valence-electron chi connectivity index (χ2n) is 5.61. The topological polar surface area (TPSA) is 130 Å². The first-order valence-corrected chi connectivity index (χ1v) is 8.97. The standard InChI is InChI=1S/C15H19N7O2S/c1-25-15-20-12(16)6-13(21-15)22-5-2-9(11(23)8-22)19-14(24)10-7-17-3-4-18-10/h3-4,6-7,9,11,23H,2,5,8H2,1H3,(H,19,24)(H2,16,20,21)/t9-,11-/m1/s1. The monoisotopic (exact) mass is 361 g/mol. The molecule has 0 spiro atoms. The predicted molar refractivity (Wildman–Crippen MR) is 94.3 cm³/mol. The summed E-state index contributed by atoms with van der Waals surface area (Å²) >= 11 is 1.41. The summed E-state index contributed by atoms with van der Waals surface area (Å²) in [5, 5.41) is 13.8. The maximum absolute atomic E-state index is 12.2. The number of nitrogens with two attached hydrogens (primary N) is 1. The molecule has 4 N–H and O–H groups in total. The molecule has 0 aliphatic carbocycles. The van der Waals surface area contributed by atoms with Gasteiger partial charge in [-0.15, -0.1) is 0 Å². The van der Waals surface area contributed by atoms with E-state index in [0.717, 1.165) is 0 Å². The van der Waals surface area contributed by atoms with Gasteiger partial charge in [0.25, 0.3) is 5.91 Å². The molecule has 0 bridgehead atoms. The fourth-order valence-electron chi connectivity index (χ4n) is 2.65. The van der Waals surface area contributed by atoms with Gasteiger partial charge >= 0.3 is 0 Å². The van der Waals surface area contributed by atoms with Crippen molar-refractivity contribution in [3.63, 3.8) is 0 Å². The van der Waals surface area contributed by atoms with Gasteiger partial charge in [0.15, 0.2) is 5.16 Å². The van der Waals surface area contributed by atoms with E-state index in [1.165, 1.54) is 30.4 Å². The quantitative estimate of drug-likeness (QED) is 0.506. The average Bonchev–Trinajstić information content (AvgIpc) is 2.63. The van der Waals surface area contributed by atoms with Crippen molar-refractivity contribution in [2.45, 2.75) is 23.7 Å². The van der Waals surface area contributed by atoms with Crippen molar-refractivity contribution in [3.8, 4) is 0 Å². The van der Waals surface area contributed by atoms with Gasteiger partial charge in [0, 0.05) is 31.5 Å². The third-order valence-electron chi connectivity index (χ3n) is 3.91. The second kappa shape index (κ2) is 7.62. The minimum Gasteiger partial charge on any atom is -0.389 e.